The lowest BCUT2D eigenvalue weighted by Crippen LogP contribution is -2.26. The third-order valence-corrected chi connectivity index (χ3v) is 6.13. The van der Waals surface area contributed by atoms with Crippen molar-refractivity contribution >= 4 is 28.6 Å². The Kier molecular flexibility index (Phi) is 6.63. The fraction of sp³-hybridized carbons (Fsp3) is 0.0741. The molecule has 1 amide bonds. The number of fused-ring (bicyclic) bond motifs is 1. The maximum atomic E-state index is 13.4. The number of carbonyl (C=O) groups excluding carboxylic acids is 1. The van der Waals surface area contributed by atoms with Gasteiger partial charge in [-0.3, -0.25) is 14.2 Å². The van der Waals surface area contributed by atoms with Crippen LogP contribution in [0, 0.1) is 0 Å². The Morgan fingerprint density at radius 1 is 0.914 bits per heavy atom. The molecule has 8 heteroatoms. The number of nitrogens with one attached hydrogen (secondary N) is 1. The first kappa shape index (κ1) is 22.5. The fourth-order valence-electron chi connectivity index (χ4n) is 3.50. The summed E-state index contributed by atoms with van der Waals surface area (Å²) in [7, 11) is 0. The number of furan rings is 1. The van der Waals surface area contributed by atoms with Crippen LogP contribution in [0.5, 0.6) is 11.5 Å². The van der Waals surface area contributed by atoms with Crippen molar-refractivity contribution in [3.63, 3.8) is 0 Å². The van der Waals surface area contributed by atoms with Crippen LogP contribution in [0.25, 0.3) is 16.6 Å². The van der Waals surface area contributed by atoms with Crippen LogP contribution in [0.15, 0.2) is 112 Å². The SMILES string of the molecule is O=C(CSc1nc2ccccc2c(=O)n1-c1ccc(Oc2ccccc2)cc1)NCc1ccco1. The number of carbonyl (C=O) groups is 1. The van der Waals surface area contributed by atoms with Crippen LogP contribution < -0.4 is 15.6 Å². The lowest BCUT2D eigenvalue weighted by molar-refractivity contribution is -0.118. The molecule has 3 aromatic carbocycles. The second kappa shape index (κ2) is 10.3. The molecule has 0 saturated heterocycles. The van der Waals surface area contributed by atoms with Crippen LogP contribution in [0.4, 0.5) is 0 Å². The summed E-state index contributed by atoms with van der Waals surface area (Å²) in [6.45, 7) is 0.299. The summed E-state index contributed by atoms with van der Waals surface area (Å²) in [5.74, 6) is 1.95. The van der Waals surface area contributed by atoms with E-state index in [0.29, 0.717) is 39.8 Å². The normalized spacial score (nSPS) is 10.9. The highest BCUT2D eigenvalue weighted by Crippen LogP contribution is 2.25. The minimum atomic E-state index is -0.203. The Bertz CT molecular complexity index is 1500. The second-order valence-electron chi connectivity index (χ2n) is 7.61. The molecule has 1 N–H and O–H groups in total. The van der Waals surface area contributed by atoms with Crippen LogP contribution in [0.3, 0.4) is 0 Å². The Labute approximate surface area is 205 Å². The van der Waals surface area contributed by atoms with E-state index in [1.54, 1.807) is 60.9 Å². The topological polar surface area (TPSA) is 86.4 Å². The molecular weight excluding hydrogens is 462 g/mol. The molecule has 7 nitrogen and oxygen atoms in total. The van der Waals surface area contributed by atoms with Crippen LogP contribution in [0.1, 0.15) is 5.76 Å². The molecule has 174 valence electrons. The molecule has 2 aromatic heterocycles. The second-order valence-corrected chi connectivity index (χ2v) is 8.55. The van der Waals surface area contributed by atoms with E-state index in [1.807, 2.05) is 36.4 Å². The molecule has 0 aliphatic rings. The third kappa shape index (κ3) is 5.28. The van der Waals surface area contributed by atoms with Crippen molar-refractivity contribution in [3.05, 3.63) is 113 Å². The minimum absolute atomic E-state index is 0.0979. The van der Waals surface area contributed by atoms with Crippen LogP contribution in [-0.4, -0.2) is 21.2 Å². The monoisotopic (exact) mass is 483 g/mol. The molecule has 35 heavy (non-hydrogen) atoms. The lowest BCUT2D eigenvalue weighted by atomic mass is 10.2. The predicted octanol–water partition coefficient (Wildman–Crippen LogP) is 5.18. The summed E-state index contributed by atoms with van der Waals surface area (Å²) < 4.78 is 12.6. The summed E-state index contributed by atoms with van der Waals surface area (Å²) >= 11 is 1.20. The average Bonchev–Trinajstić information content (AvgIpc) is 3.42. The van der Waals surface area contributed by atoms with Crippen molar-refractivity contribution < 1.29 is 13.9 Å². The van der Waals surface area contributed by atoms with E-state index in [4.69, 9.17) is 9.15 Å². The number of hydrogen-bond donors (Lipinski definition) is 1. The molecule has 0 unspecified atom stereocenters. The molecule has 0 spiro atoms. The number of nitrogens with zero attached hydrogens (tertiary/aromatic N) is 2. The molecule has 5 aromatic rings. The zero-order chi connectivity index (χ0) is 24.0. The van der Waals surface area contributed by atoms with Gasteiger partial charge in [-0.25, -0.2) is 4.98 Å². The Morgan fingerprint density at radius 3 is 2.43 bits per heavy atom. The largest absolute Gasteiger partial charge is 0.467 e. The third-order valence-electron chi connectivity index (χ3n) is 5.19. The first-order valence-corrected chi connectivity index (χ1v) is 11.9. The molecule has 0 radical (unpaired) electrons. The number of benzene rings is 3. The van der Waals surface area contributed by atoms with Gasteiger partial charge in [0.25, 0.3) is 5.56 Å². The zero-order valence-corrected chi connectivity index (χ0v) is 19.4. The number of amides is 1. The summed E-state index contributed by atoms with van der Waals surface area (Å²) in [6, 6.07) is 27.4. The number of rotatable bonds is 8. The number of hydrogen-bond acceptors (Lipinski definition) is 6. The molecule has 0 saturated carbocycles. The van der Waals surface area contributed by atoms with Gasteiger partial charge in [0, 0.05) is 0 Å². The first-order valence-electron chi connectivity index (χ1n) is 10.9. The quantitative estimate of drug-likeness (QED) is 0.242. The van der Waals surface area contributed by atoms with Gasteiger partial charge in [-0.15, -0.1) is 0 Å². The summed E-state index contributed by atoms with van der Waals surface area (Å²) in [5.41, 5.74) is 1.01. The molecular formula is C27H21N3O4S. The molecule has 0 aliphatic carbocycles. The van der Waals surface area contributed by atoms with E-state index in [0.717, 1.165) is 5.75 Å². The van der Waals surface area contributed by atoms with Crippen molar-refractivity contribution in [1.82, 2.24) is 14.9 Å². The fourth-order valence-corrected chi connectivity index (χ4v) is 4.35. The molecule has 0 bridgehead atoms. The van der Waals surface area contributed by atoms with Crippen molar-refractivity contribution in [2.45, 2.75) is 11.7 Å². The Balaban J connectivity index is 1.41. The highest BCUT2D eigenvalue weighted by molar-refractivity contribution is 7.99. The standard InChI is InChI=1S/C27H21N3O4S/c31-25(28-17-22-9-6-16-33-22)18-35-27-29-24-11-5-4-10-23(24)26(32)30(27)19-12-14-21(15-13-19)34-20-7-2-1-3-8-20/h1-16H,17-18H2,(H,28,31). The number of aromatic nitrogens is 2. The van der Waals surface area contributed by atoms with Crippen molar-refractivity contribution in [2.75, 3.05) is 5.75 Å². The lowest BCUT2D eigenvalue weighted by Gasteiger charge is -2.14. The minimum Gasteiger partial charge on any atom is -0.467 e. The maximum absolute atomic E-state index is 13.4. The molecule has 5 rings (SSSR count). The van der Waals surface area contributed by atoms with Crippen molar-refractivity contribution in [3.8, 4) is 17.2 Å². The van der Waals surface area contributed by atoms with Gasteiger partial charge in [0.2, 0.25) is 5.91 Å². The summed E-state index contributed by atoms with van der Waals surface area (Å²) in [6.07, 6.45) is 1.56. The van der Waals surface area contributed by atoms with Crippen LogP contribution in [-0.2, 0) is 11.3 Å². The number of ether oxygens (including phenoxy) is 1. The van der Waals surface area contributed by atoms with Gasteiger partial charge in [-0.05, 0) is 60.7 Å². The maximum Gasteiger partial charge on any atom is 0.266 e. The first-order chi connectivity index (χ1) is 17.2. The highest BCUT2D eigenvalue weighted by atomic mass is 32.2. The van der Waals surface area contributed by atoms with Gasteiger partial charge >= 0.3 is 0 Å². The van der Waals surface area contributed by atoms with Crippen molar-refractivity contribution in [1.29, 1.82) is 0 Å². The molecule has 0 atom stereocenters. The zero-order valence-electron chi connectivity index (χ0n) is 18.6. The number of para-hydroxylation sites is 2. The molecule has 2 heterocycles. The molecule has 0 aliphatic heterocycles. The summed E-state index contributed by atoms with van der Waals surface area (Å²) in [4.78, 5) is 30.5. The van der Waals surface area contributed by atoms with Crippen LogP contribution in [0.2, 0.25) is 0 Å². The van der Waals surface area contributed by atoms with E-state index in [2.05, 4.69) is 10.3 Å². The van der Waals surface area contributed by atoms with Gasteiger partial charge in [0.15, 0.2) is 5.16 Å². The van der Waals surface area contributed by atoms with Gasteiger partial charge in [0.05, 0.1) is 35.2 Å². The Morgan fingerprint density at radius 2 is 1.66 bits per heavy atom. The van der Waals surface area contributed by atoms with Gasteiger partial charge in [-0.2, -0.15) is 0 Å². The Hall–Kier alpha value is -4.30. The average molecular weight is 484 g/mol. The van der Waals surface area contributed by atoms with Gasteiger partial charge in [0.1, 0.15) is 17.3 Å². The van der Waals surface area contributed by atoms with Crippen LogP contribution >= 0.6 is 11.8 Å². The van der Waals surface area contributed by atoms with E-state index >= 15 is 0 Å². The van der Waals surface area contributed by atoms with Crippen molar-refractivity contribution in [2.24, 2.45) is 0 Å². The van der Waals surface area contributed by atoms with E-state index < -0.39 is 0 Å². The van der Waals surface area contributed by atoms with Gasteiger partial charge < -0.3 is 14.5 Å². The van der Waals surface area contributed by atoms with E-state index in [9.17, 15) is 9.59 Å². The summed E-state index contributed by atoms with van der Waals surface area (Å²) in [5, 5.41) is 3.74. The van der Waals surface area contributed by atoms with E-state index in [1.165, 1.54) is 16.3 Å². The van der Waals surface area contributed by atoms with E-state index in [-0.39, 0.29) is 17.2 Å². The highest BCUT2D eigenvalue weighted by Gasteiger charge is 2.15. The predicted molar refractivity (Wildman–Crippen MR) is 135 cm³/mol. The smallest absolute Gasteiger partial charge is 0.266 e. The van der Waals surface area contributed by atoms with Gasteiger partial charge in [-0.1, -0.05) is 42.1 Å². The molecule has 0 fully saturated rings. The number of thioether (sulfide) groups is 1.